The number of rotatable bonds is 7. The van der Waals surface area contributed by atoms with E-state index >= 15 is 0 Å². The second kappa shape index (κ2) is 8.86. The average Bonchev–Trinajstić information content (AvgIpc) is 3.16. The Morgan fingerprint density at radius 3 is 2.59 bits per heavy atom. The summed E-state index contributed by atoms with van der Waals surface area (Å²) >= 11 is 1.32. The second-order valence-corrected chi connectivity index (χ2v) is 7.54. The molecule has 0 unspecified atom stereocenters. The molecule has 3 rings (SSSR count). The molecule has 0 fully saturated rings. The van der Waals surface area contributed by atoms with Crippen LogP contribution in [0.2, 0.25) is 0 Å². The monoisotopic (exact) mass is 380 g/mol. The first kappa shape index (κ1) is 19.2. The van der Waals surface area contributed by atoms with E-state index in [1.54, 1.807) is 0 Å². The van der Waals surface area contributed by atoms with Crippen LogP contribution >= 0.6 is 11.8 Å². The van der Waals surface area contributed by atoms with Crippen LogP contribution in [0.25, 0.3) is 11.4 Å². The molecule has 0 aliphatic heterocycles. The van der Waals surface area contributed by atoms with Crippen molar-refractivity contribution in [3.05, 3.63) is 59.7 Å². The summed E-state index contributed by atoms with van der Waals surface area (Å²) in [4.78, 5) is 16.8. The summed E-state index contributed by atoms with van der Waals surface area (Å²) < 4.78 is 0. The van der Waals surface area contributed by atoms with Crippen molar-refractivity contribution in [3.63, 3.8) is 0 Å². The minimum absolute atomic E-state index is 0.0632. The molecule has 0 saturated heterocycles. The summed E-state index contributed by atoms with van der Waals surface area (Å²) in [5.74, 6) is 1.26. The third kappa shape index (κ3) is 4.98. The molecule has 0 atom stereocenters. The summed E-state index contributed by atoms with van der Waals surface area (Å²) in [6, 6.07) is 16.1. The lowest BCUT2D eigenvalue weighted by molar-refractivity contribution is -0.113. The molecule has 6 heteroatoms. The third-order valence-electron chi connectivity index (χ3n) is 4.29. The molecule has 2 N–H and O–H groups in total. The molecule has 0 aliphatic carbocycles. The predicted molar refractivity (Wildman–Crippen MR) is 111 cm³/mol. The minimum Gasteiger partial charge on any atom is -0.325 e. The molecule has 0 radical (unpaired) electrons. The number of nitrogens with one attached hydrogen (secondary N) is 2. The zero-order chi connectivity index (χ0) is 19.2. The van der Waals surface area contributed by atoms with E-state index in [2.05, 4.69) is 53.4 Å². The fraction of sp³-hybridized carbons (Fsp3) is 0.286. The van der Waals surface area contributed by atoms with Crippen LogP contribution < -0.4 is 5.32 Å². The molecule has 1 heterocycles. The number of benzene rings is 2. The third-order valence-corrected chi connectivity index (χ3v) is 5.14. The van der Waals surface area contributed by atoms with Gasteiger partial charge in [-0.25, -0.2) is 4.98 Å². The number of para-hydroxylation sites is 1. The Morgan fingerprint density at radius 2 is 1.89 bits per heavy atom. The van der Waals surface area contributed by atoms with Crippen LogP contribution in [0.15, 0.2) is 53.7 Å². The van der Waals surface area contributed by atoms with Crippen LogP contribution in [0.5, 0.6) is 0 Å². The van der Waals surface area contributed by atoms with Crippen molar-refractivity contribution in [3.8, 4) is 11.4 Å². The number of anilines is 1. The molecule has 2 aromatic carbocycles. The number of carbonyl (C=O) groups is 1. The smallest absolute Gasteiger partial charge is 0.234 e. The fourth-order valence-corrected chi connectivity index (χ4v) is 3.37. The molecule has 0 saturated carbocycles. The number of H-pyrrole nitrogens is 1. The molecular formula is C21H24N4OS. The van der Waals surface area contributed by atoms with E-state index in [0.717, 1.165) is 23.2 Å². The van der Waals surface area contributed by atoms with Gasteiger partial charge < -0.3 is 5.32 Å². The van der Waals surface area contributed by atoms with Crippen molar-refractivity contribution in [2.24, 2.45) is 0 Å². The Bertz CT molecular complexity index is 903. The predicted octanol–water partition coefficient (Wildman–Crippen LogP) is 4.89. The molecular weight excluding hydrogens is 356 g/mol. The molecule has 1 amide bonds. The number of aromatic nitrogens is 3. The number of aryl methyl sites for hydroxylation is 1. The van der Waals surface area contributed by atoms with Gasteiger partial charge in [-0.1, -0.05) is 75.0 Å². The second-order valence-electron chi connectivity index (χ2n) is 6.60. The lowest BCUT2D eigenvalue weighted by atomic mass is 10.0. The highest BCUT2D eigenvalue weighted by Gasteiger charge is 2.12. The van der Waals surface area contributed by atoms with Crippen molar-refractivity contribution in [1.29, 1.82) is 0 Å². The summed E-state index contributed by atoms with van der Waals surface area (Å²) in [6.07, 6.45) is 1.01. The fourth-order valence-electron chi connectivity index (χ4n) is 2.77. The Balaban J connectivity index is 1.59. The van der Waals surface area contributed by atoms with Gasteiger partial charge in [-0.3, -0.25) is 9.89 Å². The summed E-state index contributed by atoms with van der Waals surface area (Å²) in [5, 5.41) is 10.7. The summed E-state index contributed by atoms with van der Waals surface area (Å²) in [5.41, 5.74) is 4.27. The molecule has 3 aromatic rings. The molecule has 0 bridgehead atoms. The highest BCUT2D eigenvalue weighted by molar-refractivity contribution is 7.99. The standard InChI is InChI=1S/C21H24N4OS/c1-4-15-9-11-16(12-10-15)20-23-21(25-24-20)27-13-19(26)22-18-8-6-5-7-17(18)14(2)3/h5-12,14H,4,13H2,1-3H3,(H,22,26)(H,23,24,25). The van der Waals surface area contributed by atoms with Crippen LogP contribution in [0.3, 0.4) is 0 Å². The minimum atomic E-state index is -0.0632. The number of hydrogen-bond acceptors (Lipinski definition) is 4. The number of hydrogen-bond donors (Lipinski definition) is 2. The quantitative estimate of drug-likeness (QED) is 0.573. The van der Waals surface area contributed by atoms with Gasteiger partial charge >= 0.3 is 0 Å². The van der Waals surface area contributed by atoms with Gasteiger partial charge in [-0.05, 0) is 29.5 Å². The first-order valence-corrected chi connectivity index (χ1v) is 10.1. The van der Waals surface area contributed by atoms with Crippen molar-refractivity contribution >= 4 is 23.4 Å². The zero-order valence-electron chi connectivity index (χ0n) is 15.8. The largest absolute Gasteiger partial charge is 0.325 e. The first-order valence-electron chi connectivity index (χ1n) is 9.10. The molecule has 0 spiro atoms. The van der Waals surface area contributed by atoms with Crippen LogP contribution in [0.1, 0.15) is 37.8 Å². The van der Waals surface area contributed by atoms with Gasteiger partial charge in [0, 0.05) is 11.3 Å². The highest BCUT2D eigenvalue weighted by atomic mass is 32.2. The average molecular weight is 381 g/mol. The van der Waals surface area contributed by atoms with E-state index in [1.807, 2.05) is 36.4 Å². The first-order chi connectivity index (χ1) is 13.1. The number of nitrogens with zero attached hydrogens (tertiary/aromatic N) is 2. The van der Waals surface area contributed by atoms with Crippen molar-refractivity contribution in [2.45, 2.75) is 38.3 Å². The Morgan fingerprint density at radius 1 is 1.15 bits per heavy atom. The highest BCUT2D eigenvalue weighted by Crippen LogP contribution is 2.24. The van der Waals surface area contributed by atoms with E-state index < -0.39 is 0 Å². The van der Waals surface area contributed by atoms with E-state index in [9.17, 15) is 4.79 Å². The molecule has 5 nitrogen and oxygen atoms in total. The van der Waals surface area contributed by atoms with Gasteiger partial charge in [-0.15, -0.1) is 5.10 Å². The maximum atomic E-state index is 12.3. The zero-order valence-corrected chi connectivity index (χ0v) is 16.6. The van der Waals surface area contributed by atoms with E-state index in [0.29, 0.717) is 16.9 Å². The Hall–Kier alpha value is -2.60. The SMILES string of the molecule is CCc1ccc(-c2nc(SCC(=O)Nc3ccccc3C(C)C)n[nH]2)cc1. The van der Waals surface area contributed by atoms with Crippen LogP contribution in [0.4, 0.5) is 5.69 Å². The summed E-state index contributed by atoms with van der Waals surface area (Å²) in [6.45, 7) is 6.35. The summed E-state index contributed by atoms with van der Waals surface area (Å²) in [7, 11) is 0. The normalized spacial score (nSPS) is 11.0. The van der Waals surface area contributed by atoms with Crippen molar-refractivity contribution < 1.29 is 4.79 Å². The number of amides is 1. The van der Waals surface area contributed by atoms with E-state index in [4.69, 9.17) is 0 Å². The lowest BCUT2D eigenvalue weighted by Crippen LogP contribution is -2.15. The maximum absolute atomic E-state index is 12.3. The van der Waals surface area contributed by atoms with Crippen LogP contribution in [-0.4, -0.2) is 26.8 Å². The van der Waals surface area contributed by atoms with Gasteiger partial charge in [0.1, 0.15) is 0 Å². The van der Waals surface area contributed by atoms with E-state index in [-0.39, 0.29) is 11.7 Å². The van der Waals surface area contributed by atoms with Gasteiger partial charge in [0.25, 0.3) is 0 Å². The molecule has 27 heavy (non-hydrogen) atoms. The van der Waals surface area contributed by atoms with E-state index in [1.165, 1.54) is 17.3 Å². The number of thioether (sulfide) groups is 1. The molecule has 0 aliphatic rings. The topological polar surface area (TPSA) is 70.7 Å². The van der Waals surface area contributed by atoms with Crippen LogP contribution in [-0.2, 0) is 11.2 Å². The Kier molecular flexibility index (Phi) is 6.29. The number of carbonyl (C=O) groups excluding carboxylic acids is 1. The van der Waals surface area contributed by atoms with Crippen molar-refractivity contribution in [1.82, 2.24) is 15.2 Å². The maximum Gasteiger partial charge on any atom is 0.234 e. The van der Waals surface area contributed by atoms with Gasteiger partial charge in [0.2, 0.25) is 11.1 Å². The lowest BCUT2D eigenvalue weighted by Gasteiger charge is -2.13. The van der Waals surface area contributed by atoms with Crippen molar-refractivity contribution in [2.75, 3.05) is 11.1 Å². The molecule has 1 aromatic heterocycles. The Labute approximate surface area is 164 Å². The molecule has 140 valence electrons. The van der Waals surface area contributed by atoms with Gasteiger partial charge in [-0.2, -0.15) is 0 Å². The van der Waals surface area contributed by atoms with Gasteiger partial charge in [0.05, 0.1) is 5.75 Å². The van der Waals surface area contributed by atoms with Crippen LogP contribution in [0, 0.1) is 0 Å². The number of aromatic amines is 1. The van der Waals surface area contributed by atoms with Gasteiger partial charge in [0.15, 0.2) is 5.82 Å².